The predicted octanol–water partition coefficient (Wildman–Crippen LogP) is 14.7. The number of carbonyl (C=O) groups is 1. The Balaban J connectivity index is 1.13. The Hall–Kier alpha value is -6.26. The van der Waals surface area contributed by atoms with Gasteiger partial charge in [-0.2, -0.15) is 0 Å². The molecule has 4 unspecified atom stereocenters. The van der Waals surface area contributed by atoms with Crippen LogP contribution in [0.1, 0.15) is 130 Å². The summed E-state index contributed by atoms with van der Waals surface area (Å²) in [6.07, 6.45) is 3.54. The topological polar surface area (TPSA) is 169 Å². The lowest BCUT2D eigenvalue weighted by Gasteiger charge is -2.51. The van der Waals surface area contributed by atoms with Gasteiger partial charge in [0.25, 0.3) is 0 Å². The summed E-state index contributed by atoms with van der Waals surface area (Å²) < 4.78 is 61.9. The first-order valence-corrected chi connectivity index (χ1v) is 30.6. The first-order chi connectivity index (χ1) is 41.5. The summed E-state index contributed by atoms with van der Waals surface area (Å²) >= 11 is 0. The van der Waals surface area contributed by atoms with Gasteiger partial charge in [0.1, 0.15) is 54.9 Å². The summed E-state index contributed by atoms with van der Waals surface area (Å²) in [5.74, 6) is -0.509. The summed E-state index contributed by atoms with van der Waals surface area (Å²) in [5.41, 5.74) is 15.9. The van der Waals surface area contributed by atoms with Crippen molar-refractivity contribution < 1.29 is 52.5 Å². The fourth-order valence-corrected chi connectivity index (χ4v) is 11.1. The van der Waals surface area contributed by atoms with E-state index in [1.807, 2.05) is 182 Å². The molecule has 0 spiro atoms. The van der Waals surface area contributed by atoms with Crippen LogP contribution in [0, 0.1) is 0 Å². The largest absolute Gasteiger partial charge is 0.457 e. The molecule has 14 heteroatoms. The maximum Gasteiger partial charge on any atom is 0.306 e. The Labute approximate surface area is 497 Å². The van der Waals surface area contributed by atoms with Gasteiger partial charge >= 0.3 is 5.97 Å². The molecular weight excluding hydrogens is 1060 g/mol. The van der Waals surface area contributed by atoms with Gasteiger partial charge in [0.2, 0.25) is 0 Å². The van der Waals surface area contributed by atoms with E-state index >= 15 is 0 Å². The van der Waals surface area contributed by atoms with Crippen molar-refractivity contribution in [2.24, 2.45) is 5.11 Å². The molecule has 2 fully saturated rings. The Kier molecular flexibility index (Phi) is 27.7. The van der Waals surface area contributed by atoms with Crippen LogP contribution in [-0.4, -0.2) is 85.0 Å². The third kappa shape index (κ3) is 20.8. The van der Waals surface area contributed by atoms with E-state index in [4.69, 9.17) is 42.6 Å². The van der Waals surface area contributed by atoms with E-state index < -0.39 is 73.2 Å². The van der Waals surface area contributed by atoms with Crippen LogP contribution in [0.15, 0.2) is 187 Å². The quantitative estimate of drug-likeness (QED) is 0.0129. The second kappa shape index (κ2) is 36.6. The molecule has 1 aliphatic carbocycles. The monoisotopic (exact) mass is 1150 g/mol. The van der Waals surface area contributed by atoms with E-state index in [-0.39, 0.29) is 52.7 Å². The molecule has 1 aliphatic heterocycles. The number of carbonyl (C=O) groups excluding carboxylic acids is 1. The molecule has 1 N–H and O–H groups in total. The summed E-state index contributed by atoms with van der Waals surface area (Å²) in [6, 6.07) is 57.2. The van der Waals surface area contributed by atoms with Crippen LogP contribution in [-0.2, 0) is 87.1 Å². The molecule has 0 aromatic heterocycles. The lowest BCUT2D eigenvalue weighted by atomic mass is 9.83. The predicted molar refractivity (Wildman–Crippen MR) is 324 cm³/mol. The summed E-state index contributed by atoms with van der Waals surface area (Å²) in [7, 11) is 0. The zero-order valence-corrected chi connectivity index (χ0v) is 48.9. The van der Waals surface area contributed by atoms with E-state index in [9.17, 15) is 15.4 Å². The van der Waals surface area contributed by atoms with Gasteiger partial charge in [0.05, 0.1) is 46.2 Å². The molecule has 1 saturated carbocycles. The average molecular weight is 1150 g/mol. The Bertz CT molecular complexity index is 2750. The lowest BCUT2D eigenvalue weighted by Crippen LogP contribution is -2.69. The maximum absolute atomic E-state index is 14.5. The number of ether oxygens (including phenoxy) is 9. The average Bonchev–Trinajstić information content (AvgIpc) is 1.70. The number of unbranched alkanes of at least 4 members (excludes halogenated alkanes) is 12. The minimum absolute atomic E-state index is 0.0133. The number of aliphatic hydroxyl groups is 1. The van der Waals surface area contributed by atoms with E-state index in [0.29, 0.717) is 6.42 Å². The molecule has 1 saturated heterocycles. The number of benzene rings is 6. The highest BCUT2D eigenvalue weighted by Crippen LogP contribution is 2.39. The van der Waals surface area contributed by atoms with Crippen molar-refractivity contribution in [2.45, 2.75) is 204 Å². The molecule has 6 aromatic rings. The number of hydrogen-bond donors (Lipinski definition) is 1. The fraction of sp³-hybridized carbons (Fsp3) is 0.471. The number of rotatable bonds is 37. The molecule has 448 valence electrons. The van der Waals surface area contributed by atoms with Crippen molar-refractivity contribution in [3.8, 4) is 0 Å². The van der Waals surface area contributed by atoms with Crippen LogP contribution >= 0.6 is 0 Å². The van der Waals surface area contributed by atoms with Gasteiger partial charge in [-0.3, -0.25) is 4.79 Å². The number of esters is 1. The van der Waals surface area contributed by atoms with Crippen LogP contribution in [0.25, 0.3) is 10.4 Å². The van der Waals surface area contributed by atoms with Gasteiger partial charge in [-0.25, -0.2) is 0 Å². The van der Waals surface area contributed by atoms with Gasteiger partial charge in [-0.15, -0.1) is 0 Å². The van der Waals surface area contributed by atoms with Crippen molar-refractivity contribution in [3.63, 3.8) is 0 Å². The lowest BCUT2D eigenvalue weighted by molar-refractivity contribution is -0.336. The third-order valence-electron chi connectivity index (χ3n) is 15.6. The number of hydrogen-bond acceptors (Lipinski definition) is 12. The highest BCUT2D eigenvalue weighted by Gasteiger charge is 2.58. The standard InChI is InChI=1S/C70H87N3O11/c1-2-3-4-5-6-7-8-9-10-11-12-13-32-45-60(74)83-66-62(75)65(79-49-56-39-26-17-27-40-56)67(80-50-57-41-28-18-29-42-57)68(81-51-58-43-30-19-31-44-58)69(66)84-70-61(72-73-71)64(78-48-55-37-24-16-25-38-55)63(77-47-54-35-22-15-23-36-54)59(82-70)52-76-46-53-33-20-14-21-34-53/h14-31,33-44,59,61-70,75H,2-13,32,45-52H2,1H3/t59?,61?,62-,63-,64+,65?,66-,67+,68+,69?,70-/m0/s1. The second-order valence-electron chi connectivity index (χ2n) is 22.1. The summed E-state index contributed by atoms with van der Waals surface area (Å²) in [4.78, 5) is 17.8. The fourth-order valence-electron chi connectivity index (χ4n) is 11.1. The van der Waals surface area contributed by atoms with Crippen molar-refractivity contribution in [2.75, 3.05) is 6.61 Å². The number of nitrogens with zero attached hydrogens (tertiary/aromatic N) is 3. The smallest absolute Gasteiger partial charge is 0.306 e. The summed E-state index contributed by atoms with van der Waals surface area (Å²) in [6.45, 7) is 3.12. The van der Waals surface area contributed by atoms with Crippen LogP contribution < -0.4 is 0 Å². The molecule has 11 atom stereocenters. The first kappa shape index (κ1) is 63.8. The highest BCUT2D eigenvalue weighted by molar-refractivity contribution is 5.69. The SMILES string of the molecule is CCCCCCCCCCCCCCCC(=O)O[C@@H]1C(O[C@@H]2OC(COCc3ccccc3)[C@H](OCc3ccccc3)[C@H](OCc3ccccc3)C2N=[N+]=[N-])[C@H](OCc2ccccc2)[C@H](OCc2ccccc2)C(OCc2ccccc2)[C@@H]1O. The van der Waals surface area contributed by atoms with Crippen molar-refractivity contribution in [3.05, 3.63) is 226 Å². The molecule has 2 aliphatic rings. The van der Waals surface area contributed by atoms with Crippen LogP contribution in [0.4, 0.5) is 0 Å². The van der Waals surface area contributed by atoms with Crippen LogP contribution in [0.5, 0.6) is 0 Å². The highest BCUT2D eigenvalue weighted by atomic mass is 16.7. The zero-order valence-electron chi connectivity index (χ0n) is 48.9. The first-order valence-electron chi connectivity index (χ1n) is 30.6. The second-order valence-corrected chi connectivity index (χ2v) is 22.1. The molecule has 84 heavy (non-hydrogen) atoms. The molecule has 6 aromatic carbocycles. The Morgan fingerprint density at radius 2 is 0.810 bits per heavy atom. The number of azide groups is 1. The van der Waals surface area contributed by atoms with E-state index in [1.165, 1.54) is 57.8 Å². The van der Waals surface area contributed by atoms with Crippen molar-refractivity contribution >= 4 is 5.97 Å². The zero-order chi connectivity index (χ0) is 58.2. The van der Waals surface area contributed by atoms with Crippen LogP contribution in [0.2, 0.25) is 0 Å². The van der Waals surface area contributed by atoms with Gasteiger partial charge < -0.3 is 47.7 Å². The van der Waals surface area contributed by atoms with E-state index in [0.717, 1.165) is 52.6 Å². The van der Waals surface area contributed by atoms with Crippen molar-refractivity contribution in [1.82, 2.24) is 0 Å². The molecule has 14 nitrogen and oxygen atoms in total. The summed E-state index contributed by atoms with van der Waals surface area (Å²) in [5, 5.41) is 17.4. The van der Waals surface area contributed by atoms with Gasteiger partial charge in [-0.1, -0.05) is 271 Å². The molecule has 8 rings (SSSR count). The van der Waals surface area contributed by atoms with Gasteiger partial charge in [0.15, 0.2) is 12.4 Å². The van der Waals surface area contributed by atoms with Crippen LogP contribution in [0.3, 0.4) is 0 Å². The van der Waals surface area contributed by atoms with E-state index in [2.05, 4.69) is 16.9 Å². The normalized spacial score (nSPS) is 23.1. The Morgan fingerprint density at radius 3 is 1.23 bits per heavy atom. The van der Waals surface area contributed by atoms with Gasteiger partial charge in [-0.05, 0) is 45.3 Å². The molecule has 0 amide bonds. The molecular formula is C70H87N3O11. The van der Waals surface area contributed by atoms with E-state index in [1.54, 1.807) is 0 Å². The van der Waals surface area contributed by atoms with Crippen molar-refractivity contribution in [1.29, 1.82) is 0 Å². The molecule has 1 heterocycles. The minimum atomic E-state index is -1.52. The minimum Gasteiger partial charge on any atom is -0.457 e. The Morgan fingerprint density at radius 1 is 0.452 bits per heavy atom. The third-order valence-corrected chi connectivity index (χ3v) is 15.6. The van der Waals surface area contributed by atoms with Gasteiger partial charge in [0, 0.05) is 11.3 Å². The molecule has 0 bridgehead atoms. The molecule has 0 radical (unpaired) electrons. The number of aliphatic hydroxyl groups excluding tert-OH is 1. The maximum atomic E-state index is 14.5.